The lowest BCUT2D eigenvalue weighted by atomic mass is 10.1. The fraction of sp³-hybridized carbons (Fsp3) is 0.471. The SMILES string of the molecule is Cc1cc(C(F)(F)F)nn1CC(=O)Nc1sc2c(c1C(N)=O)CCCCC2. The number of hydrogen-bond donors (Lipinski definition) is 2. The molecule has 10 heteroatoms. The molecule has 2 aromatic heterocycles. The fourth-order valence-corrected chi connectivity index (χ4v) is 4.51. The normalized spacial score (nSPS) is 14.5. The third-order valence-electron chi connectivity index (χ3n) is 4.49. The minimum Gasteiger partial charge on any atom is -0.365 e. The second-order valence-corrected chi connectivity index (χ2v) is 7.61. The van der Waals surface area contributed by atoms with Crippen LogP contribution >= 0.6 is 11.3 Å². The van der Waals surface area contributed by atoms with Gasteiger partial charge in [-0.3, -0.25) is 14.3 Å². The molecule has 0 bridgehead atoms. The molecule has 0 unspecified atom stereocenters. The minimum absolute atomic E-state index is 0.217. The van der Waals surface area contributed by atoms with Crippen molar-refractivity contribution in [2.75, 3.05) is 5.32 Å². The minimum atomic E-state index is -4.57. The Kier molecular flexibility index (Phi) is 5.27. The number of rotatable bonds is 4. The predicted molar refractivity (Wildman–Crippen MR) is 94.7 cm³/mol. The topological polar surface area (TPSA) is 90.0 Å². The van der Waals surface area contributed by atoms with E-state index in [0.29, 0.717) is 10.6 Å². The van der Waals surface area contributed by atoms with Gasteiger partial charge in [-0.05, 0) is 44.2 Å². The van der Waals surface area contributed by atoms with E-state index in [0.717, 1.165) is 53.3 Å². The first kappa shape index (κ1) is 19.4. The van der Waals surface area contributed by atoms with Crippen LogP contribution in [0.4, 0.5) is 18.2 Å². The molecular weight excluding hydrogens is 381 g/mol. The summed E-state index contributed by atoms with van der Waals surface area (Å²) in [5.41, 5.74) is 5.88. The molecule has 0 atom stereocenters. The molecule has 0 saturated heterocycles. The molecule has 146 valence electrons. The van der Waals surface area contributed by atoms with Crippen LogP contribution in [0.25, 0.3) is 0 Å². The molecule has 2 aromatic rings. The number of halogens is 3. The number of nitrogens with two attached hydrogens (primary N) is 1. The lowest BCUT2D eigenvalue weighted by Gasteiger charge is -2.08. The van der Waals surface area contributed by atoms with Crippen molar-refractivity contribution < 1.29 is 22.8 Å². The number of aryl methyl sites for hydroxylation is 2. The molecule has 0 saturated carbocycles. The van der Waals surface area contributed by atoms with Gasteiger partial charge in [-0.2, -0.15) is 18.3 Å². The summed E-state index contributed by atoms with van der Waals surface area (Å²) in [6.45, 7) is 1.06. The number of carbonyl (C=O) groups excluding carboxylic acids is 2. The van der Waals surface area contributed by atoms with E-state index in [-0.39, 0.29) is 12.2 Å². The number of primary amides is 1. The van der Waals surface area contributed by atoms with Gasteiger partial charge in [0.15, 0.2) is 5.69 Å². The van der Waals surface area contributed by atoms with Gasteiger partial charge in [0.2, 0.25) is 5.91 Å². The summed E-state index contributed by atoms with van der Waals surface area (Å²) in [6.07, 6.45) is 0.00476. The molecule has 0 radical (unpaired) electrons. The molecule has 0 aromatic carbocycles. The molecular formula is C17H19F3N4O2S. The number of anilines is 1. The Hall–Kier alpha value is -2.36. The lowest BCUT2D eigenvalue weighted by Crippen LogP contribution is -2.22. The summed E-state index contributed by atoms with van der Waals surface area (Å²) in [5, 5.41) is 6.43. The van der Waals surface area contributed by atoms with Crippen LogP contribution in [-0.2, 0) is 30.4 Å². The van der Waals surface area contributed by atoms with E-state index in [1.807, 2.05) is 0 Å². The number of carbonyl (C=O) groups is 2. The highest BCUT2D eigenvalue weighted by atomic mass is 32.1. The number of fused-ring (bicyclic) bond motifs is 1. The van der Waals surface area contributed by atoms with Crippen LogP contribution in [0.3, 0.4) is 0 Å². The summed E-state index contributed by atoms with van der Waals surface area (Å²) in [6, 6.07) is 0.884. The van der Waals surface area contributed by atoms with Crippen molar-refractivity contribution >= 4 is 28.2 Å². The smallest absolute Gasteiger partial charge is 0.365 e. The molecule has 3 rings (SSSR count). The lowest BCUT2D eigenvalue weighted by molar-refractivity contribution is -0.141. The molecule has 0 spiro atoms. The highest BCUT2D eigenvalue weighted by Gasteiger charge is 2.34. The van der Waals surface area contributed by atoms with Crippen molar-refractivity contribution in [1.29, 1.82) is 0 Å². The van der Waals surface area contributed by atoms with Gasteiger partial charge in [0, 0.05) is 10.6 Å². The predicted octanol–water partition coefficient (Wildman–Crippen LogP) is 3.28. The average molecular weight is 400 g/mol. The van der Waals surface area contributed by atoms with Gasteiger partial charge < -0.3 is 11.1 Å². The number of aromatic nitrogens is 2. The summed E-state index contributed by atoms with van der Waals surface area (Å²) in [4.78, 5) is 25.3. The van der Waals surface area contributed by atoms with Crippen LogP contribution < -0.4 is 11.1 Å². The first-order valence-corrected chi connectivity index (χ1v) is 9.34. The van der Waals surface area contributed by atoms with Crippen molar-refractivity contribution in [2.24, 2.45) is 5.73 Å². The van der Waals surface area contributed by atoms with Crippen molar-refractivity contribution in [1.82, 2.24) is 9.78 Å². The van der Waals surface area contributed by atoms with Gasteiger partial charge in [-0.1, -0.05) is 6.42 Å². The summed E-state index contributed by atoms with van der Waals surface area (Å²) < 4.78 is 39.2. The molecule has 0 fully saturated rings. The van der Waals surface area contributed by atoms with Crippen LogP contribution in [0.1, 0.15) is 51.4 Å². The number of hydrogen-bond acceptors (Lipinski definition) is 4. The van der Waals surface area contributed by atoms with Crippen molar-refractivity contribution in [3.05, 3.63) is 33.5 Å². The van der Waals surface area contributed by atoms with E-state index >= 15 is 0 Å². The number of amides is 2. The van der Waals surface area contributed by atoms with Gasteiger partial charge in [-0.15, -0.1) is 11.3 Å². The largest absolute Gasteiger partial charge is 0.435 e. The molecule has 2 heterocycles. The maximum Gasteiger partial charge on any atom is 0.435 e. The molecule has 3 N–H and O–H groups in total. The third-order valence-corrected chi connectivity index (χ3v) is 5.69. The van der Waals surface area contributed by atoms with Gasteiger partial charge in [0.1, 0.15) is 11.5 Å². The molecule has 1 aliphatic carbocycles. The molecule has 27 heavy (non-hydrogen) atoms. The first-order chi connectivity index (χ1) is 12.7. The van der Waals surface area contributed by atoms with Crippen molar-refractivity contribution in [3.63, 3.8) is 0 Å². The second-order valence-electron chi connectivity index (χ2n) is 6.51. The van der Waals surface area contributed by atoms with Crippen molar-refractivity contribution in [2.45, 2.75) is 51.7 Å². The van der Waals surface area contributed by atoms with E-state index in [1.165, 1.54) is 18.3 Å². The molecule has 6 nitrogen and oxygen atoms in total. The Morgan fingerprint density at radius 3 is 2.63 bits per heavy atom. The zero-order valence-electron chi connectivity index (χ0n) is 14.7. The summed E-state index contributed by atoms with van der Waals surface area (Å²) in [5.74, 6) is -1.17. The van der Waals surface area contributed by atoms with E-state index < -0.39 is 23.7 Å². The third kappa shape index (κ3) is 4.15. The number of nitrogens with zero attached hydrogens (tertiary/aromatic N) is 2. The summed E-state index contributed by atoms with van der Waals surface area (Å²) >= 11 is 1.31. The standard InChI is InChI=1S/C17H19F3N4O2S/c1-9-7-12(17(18,19)20)23-24(9)8-13(25)22-16-14(15(21)26)10-5-3-2-4-6-11(10)27-16/h7H,2-6,8H2,1H3,(H2,21,26)(H,22,25). The summed E-state index contributed by atoms with van der Waals surface area (Å²) in [7, 11) is 0. The highest BCUT2D eigenvalue weighted by Crippen LogP contribution is 2.37. The average Bonchev–Trinajstić information content (AvgIpc) is 2.99. The maximum absolute atomic E-state index is 12.7. The van der Waals surface area contributed by atoms with Gasteiger partial charge in [0.05, 0.1) is 5.56 Å². The Bertz CT molecular complexity index is 886. The number of nitrogens with one attached hydrogen (secondary N) is 1. The Morgan fingerprint density at radius 1 is 1.30 bits per heavy atom. The Morgan fingerprint density at radius 2 is 2.00 bits per heavy atom. The van der Waals surface area contributed by atoms with Crippen LogP contribution in [0.2, 0.25) is 0 Å². The highest BCUT2D eigenvalue weighted by molar-refractivity contribution is 7.17. The number of alkyl halides is 3. The zero-order valence-corrected chi connectivity index (χ0v) is 15.5. The maximum atomic E-state index is 12.7. The first-order valence-electron chi connectivity index (χ1n) is 8.52. The second kappa shape index (κ2) is 7.34. The van der Waals surface area contributed by atoms with Crippen LogP contribution in [0.15, 0.2) is 6.07 Å². The monoisotopic (exact) mass is 400 g/mol. The van der Waals surface area contributed by atoms with Crippen LogP contribution in [-0.4, -0.2) is 21.6 Å². The number of thiophene rings is 1. The quantitative estimate of drug-likeness (QED) is 0.772. The van der Waals surface area contributed by atoms with Crippen LogP contribution in [0.5, 0.6) is 0 Å². The molecule has 0 aliphatic heterocycles. The van der Waals surface area contributed by atoms with Gasteiger partial charge in [0.25, 0.3) is 5.91 Å². The van der Waals surface area contributed by atoms with E-state index in [4.69, 9.17) is 5.73 Å². The van der Waals surface area contributed by atoms with Gasteiger partial charge >= 0.3 is 6.18 Å². The molecule has 2 amide bonds. The Balaban J connectivity index is 1.81. The zero-order chi connectivity index (χ0) is 19.8. The van der Waals surface area contributed by atoms with Crippen LogP contribution in [0, 0.1) is 6.92 Å². The van der Waals surface area contributed by atoms with Gasteiger partial charge in [-0.25, -0.2) is 0 Å². The van der Waals surface area contributed by atoms with E-state index in [2.05, 4.69) is 10.4 Å². The van der Waals surface area contributed by atoms with E-state index in [9.17, 15) is 22.8 Å². The fourth-order valence-electron chi connectivity index (χ4n) is 3.20. The Labute approximate surface area is 157 Å². The molecule has 1 aliphatic rings. The van der Waals surface area contributed by atoms with Crippen molar-refractivity contribution in [3.8, 4) is 0 Å². The van der Waals surface area contributed by atoms with E-state index in [1.54, 1.807) is 0 Å².